The average molecular weight is 309 g/mol. The number of aliphatic imine (C=N–C) groups is 1. The molecule has 1 nitrogen and oxygen atoms in total. The highest BCUT2D eigenvalue weighted by atomic mass is 19.1. The van der Waals surface area contributed by atoms with E-state index in [9.17, 15) is 4.39 Å². The summed E-state index contributed by atoms with van der Waals surface area (Å²) < 4.78 is 14.3. The van der Waals surface area contributed by atoms with Crippen molar-refractivity contribution in [2.75, 3.05) is 0 Å². The minimum atomic E-state index is -0.149. The number of hydrogen-bond donors (Lipinski definition) is 0. The summed E-state index contributed by atoms with van der Waals surface area (Å²) in [6.45, 7) is 11.8. The summed E-state index contributed by atoms with van der Waals surface area (Å²) in [6.07, 6.45) is 3.00. The first kappa shape index (κ1) is 17.1. The van der Waals surface area contributed by atoms with Gasteiger partial charge in [-0.2, -0.15) is 0 Å². The van der Waals surface area contributed by atoms with E-state index >= 15 is 0 Å². The second-order valence-corrected chi connectivity index (χ2v) is 5.93. The number of halogens is 1. The van der Waals surface area contributed by atoms with Crippen LogP contribution in [0.4, 0.5) is 4.39 Å². The van der Waals surface area contributed by atoms with Crippen LogP contribution in [-0.2, 0) is 12.8 Å². The van der Waals surface area contributed by atoms with Gasteiger partial charge in [-0.15, -0.1) is 0 Å². The standard InChI is InChI=1S/C21H24FN/c1-6-17-11-16(5)19(12-15(17)4)20(23-7-2)13-18-10-8-9-14(3)21(18)22/h7-12H,2,6,13H2,1,3-5H3. The maximum Gasteiger partial charge on any atom is 0.129 e. The van der Waals surface area contributed by atoms with Crippen molar-refractivity contribution in [2.45, 2.75) is 40.5 Å². The molecule has 0 radical (unpaired) electrons. The molecule has 0 spiro atoms. The molecular weight excluding hydrogens is 285 g/mol. The lowest BCUT2D eigenvalue weighted by Crippen LogP contribution is -2.10. The fraction of sp³-hybridized carbons (Fsp3) is 0.286. The molecule has 0 atom stereocenters. The molecule has 23 heavy (non-hydrogen) atoms. The lowest BCUT2D eigenvalue weighted by molar-refractivity contribution is 0.607. The third kappa shape index (κ3) is 3.76. The summed E-state index contributed by atoms with van der Waals surface area (Å²) in [5, 5.41) is 0. The van der Waals surface area contributed by atoms with E-state index in [1.165, 1.54) is 22.9 Å². The van der Waals surface area contributed by atoms with E-state index < -0.39 is 0 Å². The second kappa shape index (κ2) is 7.36. The first-order valence-corrected chi connectivity index (χ1v) is 8.00. The van der Waals surface area contributed by atoms with Crippen LogP contribution in [0.15, 0.2) is 48.1 Å². The van der Waals surface area contributed by atoms with Gasteiger partial charge >= 0.3 is 0 Å². The number of aryl methyl sites for hydroxylation is 4. The number of nitrogens with zero attached hydrogens (tertiary/aromatic N) is 1. The summed E-state index contributed by atoms with van der Waals surface area (Å²) >= 11 is 0. The van der Waals surface area contributed by atoms with E-state index in [2.05, 4.69) is 44.5 Å². The van der Waals surface area contributed by atoms with Gasteiger partial charge in [0, 0.05) is 12.6 Å². The lowest BCUT2D eigenvalue weighted by Gasteiger charge is -2.14. The lowest BCUT2D eigenvalue weighted by atomic mass is 9.92. The van der Waals surface area contributed by atoms with Crippen LogP contribution in [0.25, 0.3) is 0 Å². The normalized spacial score (nSPS) is 11.6. The van der Waals surface area contributed by atoms with Crippen molar-refractivity contribution >= 4 is 5.71 Å². The van der Waals surface area contributed by atoms with Crippen LogP contribution in [0.5, 0.6) is 0 Å². The van der Waals surface area contributed by atoms with E-state index in [1.807, 2.05) is 12.1 Å². The Morgan fingerprint density at radius 3 is 2.48 bits per heavy atom. The van der Waals surface area contributed by atoms with E-state index in [0.717, 1.165) is 17.7 Å². The molecule has 0 aromatic heterocycles. The van der Waals surface area contributed by atoms with Crippen LogP contribution in [0.3, 0.4) is 0 Å². The summed E-state index contributed by atoms with van der Waals surface area (Å²) in [4.78, 5) is 4.43. The highest BCUT2D eigenvalue weighted by Gasteiger charge is 2.13. The quantitative estimate of drug-likeness (QED) is 0.648. The Balaban J connectivity index is 2.48. The molecule has 120 valence electrons. The molecule has 0 saturated heterocycles. The van der Waals surface area contributed by atoms with Crippen LogP contribution in [0.1, 0.15) is 40.3 Å². The molecule has 2 rings (SSSR count). The van der Waals surface area contributed by atoms with Gasteiger partial charge in [0.1, 0.15) is 5.82 Å². The van der Waals surface area contributed by atoms with Crippen LogP contribution >= 0.6 is 0 Å². The van der Waals surface area contributed by atoms with E-state index in [1.54, 1.807) is 13.0 Å². The zero-order valence-electron chi connectivity index (χ0n) is 14.4. The predicted octanol–water partition coefficient (Wildman–Crippen LogP) is 5.49. The van der Waals surface area contributed by atoms with Crippen molar-refractivity contribution in [1.82, 2.24) is 0 Å². The molecule has 0 amide bonds. The van der Waals surface area contributed by atoms with E-state index in [0.29, 0.717) is 17.5 Å². The number of hydrogen-bond acceptors (Lipinski definition) is 1. The first-order chi connectivity index (χ1) is 11.0. The molecule has 0 fully saturated rings. The maximum atomic E-state index is 14.3. The molecule has 0 heterocycles. The molecule has 0 aliphatic carbocycles. The van der Waals surface area contributed by atoms with Gasteiger partial charge < -0.3 is 0 Å². The van der Waals surface area contributed by atoms with Crippen molar-refractivity contribution < 1.29 is 4.39 Å². The van der Waals surface area contributed by atoms with Gasteiger partial charge in [-0.25, -0.2) is 4.39 Å². The largest absolute Gasteiger partial charge is 0.261 e. The molecule has 0 bridgehead atoms. The van der Waals surface area contributed by atoms with Gasteiger partial charge in [0.05, 0.1) is 5.71 Å². The van der Waals surface area contributed by atoms with Crippen LogP contribution in [0, 0.1) is 26.6 Å². The van der Waals surface area contributed by atoms with Crippen molar-refractivity contribution in [2.24, 2.45) is 4.99 Å². The topological polar surface area (TPSA) is 12.4 Å². The van der Waals surface area contributed by atoms with Crippen molar-refractivity contribution in [3.05, 3.63) is 82.3 Å². The molecular formula is C21H24FN. The first-order valence-electron chi connectivity index (χ1n) is 8.00. The molecule has 2 aromatic rings. The van der Waals surface area contributed by atoms with Crippen LogP contribution in [0.2, 0.25) is 0 Å². The Bertz CT molecular complexity index is 757. The SMILES string of the molecule is C=CN=C(Cc1cccc(C)c1F)c1cc(C)c(CC)cc1C. The van der Waals surface area contributed by atoms with Gasteiger partial charge in [-0.05, 0) is 66.6 Å². The minimum Gasteiger partial charge on any atom is -0.261 e. The highest BCUT2D eigenvalue weighted by molar-refractivity contribution is 6.03. The van der Waals surface area contributed by atoms with Gasteiger partial charge in [0.15, 0.2) is 0 Å². The van der Waals surface area contributed by atoms with Crippen LogP contribution in [-0.4, -0.2) is 5.71 Å². The molecule has 0 aliphatic heterocycles. The fourth-order valence-electron chi connectivity index (χ4n) is 2.91. The molecule has 2 aromatic carbocycles. The van der Waals surface area contributed by atoms with Crippen molar-refractivity contribution in [3.8, 4) is 0 Å². The molecule has 0 aliphatic rings. The van der Waals surface area contributed by atoms with Gasteiger partial charge in [0.25, 0.3) is 0 Å². The highest BCUT2D eigenvalue weighted by Crippen LogP contribution is 2.21. The number of rotatable bonds is 5. The zero-order chi connectivity index (χ0) is 17.0. The van der Waals surface area contributed by atoms with Gasteiger partial charge in [-0.3, -0.25) is 4.99 Å². The average Bonchev–Trinajstić information content (AvgIpc) is 2.53. The molecule has 0 unspecified atom stereocenters. The summed E-state index contributed by atoms with van der Waals surface area (Å²) in [6, 6.07) is 9.86. The third-order valence-electron chi connectivity index (χ3n) is 4.25. The van der Waals surface area contributed by atoms with Crippen molar-refractivity contribution in [1.29, 1.82) is 0 Å². The van der Waals surface area contributed by atoms with Gasteiger partial charge in [-0.1, -0.05) is 37.8 Å². The Hall–Kier alpha value is -2.22. The Morgan fingerprint density at radius 1 is 1.09 bits per heavy atom. The monoisotopic (exact) mass is 309 g/mol. The van der Waals surface area contributed by atoms with Crippen molar-refractivity contribution in [3.63, 3.8) is 0 Å². The second-order valence-electron chi connectivity index (χ2n) is 5.93. The Labute approximate surface area is 138 Å². The third-order valence-corrected chi connectivity index (χ3v) is 4.25. The fourth-order valence-corrected chi connectivity index (χ4v) is 2.91. The molecule has 0 saturated carbocycles. The minimum absolute atomic E-state index is 0.149. The van der Waals surface area contributed by atoms with Crippen LogP contribution < -0.4 is 0 Å². The molecule has 0 N–H and O–H groups in total. The maximum absolute atomic E-state index is 14.3. The Morgan fingerprint density at radius 2 is 1.83 bits per heavy atom. The number of benzene rings is 2. The summed E-state index contributed by atoms with van der Waals surface area (Å²) in [7, 11) is 0. The Kier molecular flexibility index (Phi) is 5.49. The van der Waals surface area contributed by atoms with E-state index in [4.69, 9.17) is 0 Å². The summed E-state index contributed by atoms with van der Waals surface area (Å²) in [5.74, 6) is -0.149. The smallest absolute Gasteiger partial charge is 0.129 e. The zero-order valence-corrected chi connectivity index (χ0v) is 14.4. The van der Waals surface area contributed by atoms with Gasteiger partial charge in [0.2, 0.25) is 0 Å². The predicted molar refractivity (Wildman–Crippen MR) is 96.9 cm³/mol. The van der Waals surface area contributed by atoms with E-state index in [-0.39, 0.29) is 5.82 Å². The molecule has 2 heteroatoms. The summed E-state index contributed by atoms with van der Waals surface area (Å²) in [5.41, 5.74) is 7.01.